The minimum absolute atomic E-state index is 0.224. The highest BCUT2D eigenvalue weighted by atomic mass is 16.5. The second kappa shape index (κ2) is 6.08. The van der Waals surface area contributed by atoms with Gasteiger partial charge in [-0.25, -0.2) is 4.98 Å². The van der Waals surface area contributed by atoms with Gasteiger partial charge in [0.1, 0.15) is 0 Å². The number of pyridine rings is 1. The number of nitrogens with one attached hydrogen (secondary N) is 1. The summed E-state index contributed by atoms with van der Waals surface area (Å²) in [6.07, 6.45) is 2.46. The molecule has 3 heterocycles. The molecule has 0 saturated heterocycles. The highest BCUT2D eigenvalue weighted by Crippen LogP contribution is 2.30. The zero-order chi connectivity index (χ0) is 17.4. The second-order valence-electron chi connectivity index (χ2n) is 5.97. The number of aryl methyl sites for hydroxylation is 2. The highest BCUT2D eigenvalue weighted by Gasteiger charge is 2.15. The van der Waals surface area contributed by atoms with Crippen LogP contribution in [0, 0.1) is 6.92 Å². The maximum Gasteiger partial charge on any atom is 0.255 e. The largest absolute Gasteiger partial charge is 0.490 e. The molecule has 1 N–H and O–H groups in total. The molecule has 1 aliphatic heterocycles. The van der Waals surface area contributed by atoms with E-state index in [4.69, 9.17) is 9.47 Å². The average Bonchev–Trinajstić information content (AvgIpc) is 2.78. The van der Waals surface area contributed by atoms with Crippen molar-refractivity contribution in [2.45, 2.75) is 13.3 Å². The summed E-state index contributed by atoms with van der Waals surface area (Å²) in [7, 11) is 1.85. The summed E-state index contributed by atoms with van der Waals surface area (Å²) in [4.78, 5) is 16.9. The van der Waals surface area contributed by atoms with E-state index in [1.54, 1.807) is 29.1 Å². The Morgan fingerprint density at radius 1 is 1.20 bits per heavy atom. The summed E-state index contributed by atoms with van der Waals surface area (Å²) in [5.41, 5.74) is 2.79. The molecule has 0 bridgehead atoms. The fourth-order valence-electron chi connectivity index (χ4n) is 2.88. The van der Waals surface area contributed by atoms with E-state index >= 15 is 0 Å². The molecule has 0 unspecified atom stereocenters. The molecular formula is C18H18N4O3. The highest BCUT2D eigenvalue weighted by molar-refractivity contribution is 6.05. The van der Waals surface area contributed by atoms with Crippen molar-refractivity contribution in [2.24, 2.45) is 7.05 Å². The predicted octanol–water partition coefficient (Wildman–Crippen LogP) is 2.69. The lowest BCUT2D eigenvalue weighted by Crippen LogP contribution is -2.12. The first-order valence-electron chi connectivity index (χ1n) is 8.12. The van der Waals surface area contributed by atoms with Crippen molar-refractivity contribution >= 4 is 22.6 Å². The Kier molecular flexibility index (Phi) is 3.76. The van der Waals surface area contributed by atoms with Crippen molar-refractivity contribution < 1.29 is 14.3 Å². The van der Waals surface area contributed by atoms with Gasteiger partial charge in [0, 0.05) is 24.4 Å². The van der Waals surface area contributed by atoms with E-state index in [1.165, 1.54) is 0 Å². The smallest absolute Gasteiger partial charge is 0.255 e. The number of nitrogens with zero attached hydrogens (tertiary/aromatic N) is 3. The molecule has 7 heteroatoms. The van der Waals surface area contributed by atoms with E-state index in [-0.39, 0.29) is 5.91 Å². The van der Waals surface area contributed by atoms with E-state index in [9.17, 15) is 4.79 Å². The number of carbonyl (C=O) groups excluding carboxylic acids is 1. The molecule has 1 aromatic carbocycles. The van der Waals surface area contributed by atoms with E-state index < -0.39 is 0 Å². The fraction of sp³-hybridized carbons (Fsp3) is 0.278. The van der Waals surface area contributed by atoms with Crippen LogP contribution in [-0.2, 0) is 7.05 Å². The van der Waals surface area contributed by atoms with Gasteiger partial charge in [0.2, 0.25) is 0 Å². The number of aromatic nitrogens is 3. The number of benzene rings is 1. The standard InChI is InChI=1S/C18H18N4O3/c1-11-14-9-13(10-19-17(14)22(2)21-11)20-18(23)12-4-5-15-16(8-12)25-7-3-6-24-15/h4-5,8-10H,3,6-7H2,1-2H3,(H,20,23). The normalized spacial score (nSPS) is 13.5. The van der Waals surface area contributed by atoms with Crippen LogP contribution in [0.5, 0.6) is 11.5 Å². The number of carbonyl (C=O) groups is 1. The van der Waals surface area contributed by atoms with Crippen LogP contribution >= 0.6 is 0 Å². The first-order chi connectivity index (χ1) is 12.1. The van der Waals surface area contributed by atoms with Crippen LogP contribution in [-0.4, -0.2) is 33.9 Å². The molecule has 25 heavy (non-hydrogen) atoms. The molecule has 0 atom stereocenters. The number of fused-ring (bicyclic) bond motifs is 2. The second-order valence-corrected chi connectivity index (χ2v) is 5.97. The lowest BCUT2D eigenvalue weighted by Gasteiger charge is -2.10. The van der Waals surface area contributed by atoms with E-state index in [1.807, 2.05) is 20.0 Å². The lowest BCUT2D eigenvalue weighted by molar-refractivity contribution is 0.102. The minimum Gasteiger partial charge on any atom is -0.490 e. The summed E-state index contributed by atoms with van der Waals surface area (Å²) in [6, 6.07) is 7.08. The molecule has 2 aromatic heterocycles. The number of amides is 1. The lowest BCUT2D eigenvalue weighted by atomic mass is 10.2. The Morgan fingerprint density at radius 3 is 2.84 bits per heavy atom. The molecule has 0 aliphatic carbocycles. The van der Waals surface area contributed by atoms with Gasteiger partial charge in [-0.15, -0.1) is 0 Å². The van der Waals surface area contributed by atoms with Crippen LogP contribution in [0.3, 0.4) is 0 Å². The molecular weight excluding hydrogens is 320 g/mol. The SMILES string of the molecule is Cc1nn(C)c2ncc(NC(=O)c3ccc4c(c3)OCCCO4)cc12. The van der Waals surface area contributed by atoms with Crippen molar-refractivity contribution in [3.05, 3.63) is 41.7 Å². The van der Waals surface area contributed by atoms with Gasteiger partial charge in [-0.1, -0.05) is 0 Å². The van der Waals surface area contributed by atoms with Crippen molar-refractivity contribution in [1.29, 1.82) is 0 Å². The summed E-state index contributed by atoms with van der Waals surface area (Å²) < 4.78 is 12.9. The third-order valence-corrected chi connectivity index (χ3v) is 4.13. The van der Waals surface area contributed by atoms with E-state index in [0.717, 1.165) is 23.1 Å². The summed E-state index contributed by atoms with van der Waals surface area (Å²) in [6.45, 7) is 3.12. The molecule has 3 aromatic rings. The maximum atomic E-state index is 12.6. The van der Waals surface area contributed by atoms with E-state index in [0.29, 0.717) is 36.0 Å². The van der Waals surface area contributed by atoms with Crippen molar-refractivity contribution in [1.82, 2.24) is 14.8 Å². The zero-order valence-electron chi connectivity index (χ0n) is 14.1. The van der Waals surface area contributed by atoms with Crippen molar-refractivity contribution in [2.75, 3.05) is 18.5 Å². The quantitative estimate of drug-likeness (QED) is 0.777. The number of rotatable bonds is 2. The van der Waals surface area contributed by atoms with Gasteiger partial charge in [-0.05, 0) is 31.2 Å². The van der Waals surface area contributed by atoms with Gasteiger partial charge < -0.3 is 14.8 Å². The third kappa shape index (κ3) is 2.88. The first kappa shape index (κ1) is 15.4. The average molecular weight is 338 g/mol. The molecule has 0 saturated carbocycles. The molecule has 0 fully saturated rings. The molecule has 0 spiro atoms. The number of hydrogen-bond donors (Lipinski definition) is 1. The Labute approximate surface area is 144 Å². The topological polar surface area (TPSA) is 78.3 Å². The number of anilines is 1. The summed E-state index contributed by atoms with van der Waals surface area (Å²) in [5, 5.41) is 8.13. The zero-order valence-corrected chi connectivity index (χ0v) is 14.1. The molecule has 4 rings (SSSR count). The van der Waals surface area contributed by atoms with Crippen LogP contribution in [0.15, 0.2) is 30.5 Å². The molecule has 1 amide bonds. The summed E-state index contributed by atoms with van der Waals surface area (Å²) in [5.74, 6) is 1.04. The van der Waals surface area contributed by atoms with Crippen LogP contribution in [0.2, 0.25) is 0 Å². The van der Waals surface area contributed by atoms with Gasteiger partial charge in [0.25, 0.3) is 5.91 Å². The van der Waals surface area contributed by atoms with Gasteiger partial charge in [-0.3, -0.25) is 9.48 Å². The fourth-order valence-corrected chi connectivity index (χ4v) is 2.88. The Morgan fingerprint density at radius 2 is 2.00 bits per heavy atom. The van der Waals surface area contributed by atoms with E-state index in [2.05, 4.69) is 15.4 Å². The van der Waals surface area contributed by atoms with Crippen LogP contribution in [0.25, 0.3) is 11.0 Å². The third-order valence-electron chi connectivity index (χ3n) is 4.13. The predicted molar refractivity (Wildman–Crippen MR) is 93.2 cm³/mol. The van der Waals surface area contributed by atoms with Crippen molar-refractivity contribution in [3.8, 4) is 11.5 Å². The molecule has 0 radical (unpaired) electrons. The molecule has 1 aliphatic rings. The van der Waals surface area contributed by atoms with Crippen LogP contribution in [0.4, 0.5) is 5.69 Å². The van der Waals surface area contributed by atoms with Gasteiger partial charge in [0.15, 0.2) is 17.1 Å². The molecule has 128 valence electrons. The Bertz CT molecular complexity index is 964. The minimum atomic E-state index is -0.224. The Balaban J connectivity index is 1.59. The first-order valence-corrected chi connectivity index (χ1v) is 8.12. The van der Waals surface area contributed by atoms with Crippen LogP contribution < -0.4 is 14.8 Å². The van der Waals surface area contributed by atoms with Crippen LogP contribution in [0.1, 0.15) is 22.5 Å². The molecule has 7 nitrogen and oxygen atoms in total. The van der Waals surface area contributed by atoms with Gasteiger partial charge in [0.05, 0.1) is 30.8 Å². The monoisotopic (exact) mass is 338 g/mol. The van der Waals surface area contributed by atoms with Gasteiger partial charge >= 0.3 is 0 Å². The number of hydrogen-bond acceptors (Lipinski definition) is 5. The Hall–Kier alpha value is -3.09. The number of ether oxygens (including phenoxy) is 2. The van der Waals surface area contributed by atoms with Gasteiger partial charge in [-0.2, -0.15) is 5.10 Å². The summed E-state index contributed by atoms with van der Waals surface area (Å²) >= 11 is 0. The maximum absolute atomic E-state index is 12.6. The van der Waals surface area contributed by atoms with Crippen molar-refractivity contribution in [3.63, 3.8) is 0 Å².